The van der Waals surface area contributed by atoms with E-state index in [1.54, 1.807) is 6.20 Å². The number of piperazine rings is 1. The summed E-state index contributed by atoms with van der Waals surface area (Å²) < 4.78 is 5.57. The molecule has 0 spiro atoms. The van der Waals surface area contributed by atoms with Crippen molar-refractivity contribution in [2.75, 3.05) is 38.1 Å². The molecule has 1 saturated heterocycles. The maximum absolute atomic E-state index is 5.57. The molecule has 3 heterocycles. The van der Waals surface area contributed by atoms with Gasteiger partial charge in [0.2, 0.25) is 0 Å². The van der Waals surface area contributed by atoms with E-state index < -0.39 is 0 Å². The van der Waals surface area contributed by atoms with Crippen LogP contribution in [0.3, 0.4) is 0 Å². The van der Waals surface area contributed by atoms with Crippen LogP contribution in [0.2, 0.25) is 0 Å². The molecule has 4 aromatic rings. The van der Waals surface area contributed by atoms with E-state index in [0.717, 1.165) is 37.3 Å². The van der Waals surface area contributed by atoms with Crippen molar-refractivity contribution in [1.29, 1.82) is 0 Å². The fraction of sp³-hybridized carbons (Fsp3) is 0.261. The van der Waals surface area contributed by atoms with E-state index in [2.05, 4.69) is 68.4 Å². The van der Waals surface area contributed by atoms with Gasteiger partial charge in [0, 0.05) is 61.6 Å². The molecule has 1 aliphatic rings. The van der Waals surface area contributed by atoms with E-state index in [9.17, 15) is 0 Å². The van der Waals surface area contributed by atoms with E-state index in [-0.39, 0.29) is 0 Å². The third-order valence-corrected chi connectivity index (χ3v) is 5.50. The Labute approximate surface area is 169 Å². The first-order valence-corrected chi connectivity index (χ1v) is 9.94. The summed E-state index contributed by atoms with van der Waals surface area (Å²) in [5, 5.41) is 6.60. The number of hydrogen-bond donors (Lipinski definition) is 0. The van der Waals surface area contributed by atoms with Crippen LogP contribution in [0.15, 0.2) is 65.4 Å². The van der Waals surface area contributed by atoms with Gasteiger partial charge in [-0.3, -0.25) is 4.98 Å². The third-order valence-electron chi connectivity index (χ3n) is 5.50. The van der Waals surface area contributed by atoms with Crippen molar-refractivity contribution < 1.29 is 4.52 Å². The minimum absolute atomic E-state index is 0.555. The fourth-order valence-electron chi connectivity index (χ4n) is 3.84. The third kappa shape index (κ3) is 3.71. The highest BCUT2D eigenvalue weighted by Crippen LogP contribution is 2.31. The molecule has 0 radical (unpaired) electrons. The molecule has 6 nitrogen and oxygen atoms in total. The first kappa shape index (κ1) is 17.8. The average molecular weight is 385 g/mol. The van der Waals surface area contributed by atoms with Crippen LogP contribution < -0.4 is 4.90 Å². The molecule has 0 amide bonds. The lowest BCUT2D eigenvalue weighted by Gasteiger charge is -2.34. The van der Waals surface area contributed by atoms with Gasteiger partial charge in [-0.2, -0.15) is 4.98 Å². The van der Waals surface area contributed by atoms with Crippen molar-refractivity contribution in [2.45, 2.75) is 6.42 Å². The highest BCUT2D eigenvalue weighted by Gasteiger charge is 2.17. The summed E-state index contributed by atoms with van der Waals surface area (Å²) in [4.78, 5) is 13.6. The smallest absolute Gasteiger partial charge is 0.257 e. The van der Waals surface area contributed by atoms with Crippen LogP contribution in [-0.2, 0) is 6.42 Å². The van der Waals surface area contributed by atoms with Crippen LogP contribution in [0.1, 0.15) is 11.4 Å². The summed E-state index contributed by atoms with van der Waals surface area (Å²) in [7, 11) is 2.18. The highest BCUT2D eigenvalue weighted by atomic mass is 16.5. The van der Waals surface area contributed by atoms with Crippen LogP contribution >= 0.6 is 0 Å². The topological polar surface area (TPSA) is 58.3 Å². The number of likely N-dealkylation sites (N-methyl/N-ethyl adjacent to an activating group) is 1. The standard InChI is InChI=1S/C23H23N5O/c1-27-10-12-28(13-11-27)21-6-2-5-18-7-8-19(15-20(18)21)23-25-22(26-29-23)14-17-4-3-9-24-16-17/h2-9,15-16H,10-14H2,1H3. The van der Waals surface area contributed by atoms with Crippen molar-refractivity contribution >= 4 is 16.5 Å². The molecule has 2 aromatic carbocycles. The Balaban J connectivity index is 1.46. The number of nitrogens with zero attached hydrogens (tertiary/aromatic N) is 5. The molecule has 0 unspecified atom stereocenters. The van der Waals surface area contributed by atoms with Crippen molar-refractivity contribution in [2.24, 2.45) is 0 Å². The Morgan fingerprint density at radius 1 is 1.00 bits per heavy atom. The van der Waals surface area contributed by atoms with Crippen LogP contribution in [0.5, 0.6) is 0 Å². The maximum atomic E-state index is 5.57. The maximum Gasteiger partial charge on any atom is 0.257 e. The van der Waals surface area contributed by atoms with Gasteiger partial charge in [-0.05, 0) is 42.3 Å². The van der Waals surface area contributed by atoms with E-state index >= 15 is 0 Å². The van der Waals surface area contributed by atoms with Crippen molar-refractivity contribution in [3.05, 3.63) is 72.3 Å². The van der Waals surface area contributed by atoms with Gasteiger partial charge in [-0.1, -0.05) is 29.4 Å². The summed E-state index contributed by atoms with van der Waals surface area (Å²) in [6, 6.07) is 16.8. The molecular formula is C23H23N5O. The number of benzene rings is 2. The number of aromatic nitrogens is 3. The Morgan fingerprint density at radius 2 is 1.90 bits per heavy atom. The minimum atomic E-state index is 0.555. The Morgan fingerprint density at radius 3 is 2.72 bits per heavy atom. The zero-order valence-corrected chi connectivity index (χ0v) is 16.5. The van der Waals surface area contributed by atoms with Crippen LogP contribution in [0.25, 0.3) is 22.2 Å². The number of hydrogen-bond acceptors (Lipinski definition) is 6. The fourth-order valence-corrected chi connectivity index (χ4v) is 3.84. The lowest BCUT2D eigenvalue weighted by Crippen LogP contribution is -2.44. The summed E-state index contributed by atoms with van der Waals surface area (Å²) in [5.74, 6) is 1.22. The molecule has 146 valence electrons. The first-order chi connectivity index (χ1) is 14.3. The van der Waals surface area contributed by atoms with E-state index in [4.69, 9.17) is 4.52 Å². The van der Waals surface area contributed by atoms with Crippen molar-refractivity contribution in [3.63, 3.8) is 0 Å². The number of pyridine rings is 1. The van der Waals surface area contributed by atoms with E-state index in [1.165, 1.54) is 16.5 Å². The van der Waals surface area contributed by atoms with Crippen LogP contribution in [0, 0.1) is 0 Å². The van der Waals surface area contributed by atoms with Gasteiger partial charge in [0.05, 0.1) is 0 Å². The quantitative estimate of drug-likeness (QED) is 0.535. The van der Waals surface area contributed by atoms with E-state index in [0.29, 0.717) is 18.1 Å². The van der Waals surface area contributed by atoms with Crippen LogP contribution in [-0.4, -0.2) is 53.3 Å². The second-order valence-corrected chi connectivity index (χ2v) is 7.56. The number of anilines is 1. The predicted molar refractivity (Wildman–Crippen MR) is 114 cm³/mol. The lowest BCUT2D eigenvalue weighted by atomic mass is 10.0. The molecule has 0 saturated carbocycles. The van der Waals surface area contributed by atoms with Gasteiger partial charge in [-0.15, -0.1) is 0 Å². The second-order valence-electron chi connectivity index (χ2n) is 7.56. The molecule has 29 heavy (non-hydrogen) atoms. The molecule has 1 fully saturated rings. The van der Waals surface area contributed by atoms with Crippen molar-refractivity contribution in [3.8, 4) is 11.5 Å². The molecule has 0 aliphatic carbocycles. The minimum Gasteiger partial charge on any atom is -0.368 e. The van der Waals surface area contributed by atoms with Crippen LogP contribution in [0.4, 0.5) is 5.69 Å². The highest BCUT2D eigenvalue weighted by molar-refractivity contribution is 5.96. The number of rotatable bonds is 4. The molecule has 5 rings (SSSR count). The second kappa shape index (κ2) is 7.64. The normalized spacial score (nSPS) is 15.1. The predicted octanol–water partition coefficient (Wildman–Crippen LogP) is 3.63. The van der Waals surface area contributed by atoms with Crippen molar-refractivity contribution in [1.82, 2.24) is 20.0 Å². The zero-order chi connectivity index (χ0) is 19.6. The summed E-state index contributed by atoms with van der Waals surface area (Å²) in [5.41, 5.74) is 3.28. The molecule has 1 aliphatic heterocycles. The molecule has 0 N–H and O–H groups in total. The first-order valence-electron chi connectivity index (χ1n) is 9.94. The largest absolute Gasteiger partial charge is 0.368 e. The molecular weight excluding hydrogens is 362 g/mol. The molecule has 2 aromatic heterocycles. The molecule has 0 atom stereocenters. The SMILES string of the molecule is CN1CCN(c2cccc3ccc(-c4nc(Cc5cccnc5)no4)cc23)CC1. The Hall–Kier alpha value is -3.25. The van der Waals surface area contributed by atoms with Gasteiger partial charge in [0.15, 0.2) is 5.82 Å². The van der Waals surface area contributed by atoms with Gasteiger partial charge >= 0.3 is 0 Å². The number of fused-ring (bicyclic) bond motifs is 1. The van der Waals surface area contributed by atoms with Gasteiger partial charge in [0.1, 0.15) is 0 Å². The van der Waals surface area contributed by atoms with E-state index in [1.807, 2.05) is 18.3 Å². The monoisotopic (exact) mass is 385 g/mol. The zero-order valence-electron chi connectivity index (χ0n) is 16.5. The van der Waals surface area contributed by atoms with Gasteiger partial charge in [0.25, 0.3) is 5.89 Å². The summed E-state index contributed by atoms with van der Waals surface area (Å²) in [6.07, 6.45) is 4.20. The van der Waals surface area contributed by atoms with Gasteiger partial charge < -0.3 is 14.3 Å². The molecule has 6 heteroatoms. The Bertz CT molecular complexity index is 1120. The summed E-state index contributed by atoms with van der Waals surface area (Å²) in [6.45, 7) is 4.24. The van der Waals surface area contributed by atoms with Gasteiger partial charge in [-0.25, -0.2) is 0 Å². The molecule has 0 bridgehead atoms. The summed E-state index contributed by atoms with van der Waals surface area (Å²) >= 11 is 0. The lowest BCUT2D eigenvalue weighted by molar-refractivity contribution is 0.313. The Kier molecular flexibility index (Phi) is 4.69. The average Bonchev–Trinajstić information content (AvgIpc) is 3.23.